The summed E-state index contributed by atoms with van der Waals surface area (Å²) >= 11 is 1.56. The monoisotopic (exact) mass is 314 g/mol. The van der Waals surface area contributed by atoms with Crippen molar-refractivity contribution in [3.05, 3.63) is 22.4 Å². The number of hydrogen-bond donors (Lipinski definition) is 3. The number of aliphatic carboxylic acids is 2. The van der Waals surface area contributed by atoms with Gasteiger partial charge in [0.2, 0.25) is 0 Å². The number of carboxylic acid groups (broad SMARTS) is 2. The van der Waals surface area contributed by atoms with Crippen molar-refractivity contribution in [3.63, 3.8) is 0 Å². The van der Waals surface area contributed by atoms with Crippen LogP contribution in [0.5, 0.6) is 0 Å². The summed E-state index contributed by atoms with van der Waals surface area (Å²) in [6, 6.07) is 3.15. The normalized spacial score (nSPS) is 11.0. The highest BCUT2D eigenvalue weighted by Gasteiger charge is 2.25. The molecule has 1 aromatic heterocycles. The molecule has 2 amide bonds. The minimum absolute atomic E-state index is 0.280. The molecule has 0 aliphatic rings. The zero-order valence-electron chi connectivity index (χ0n) is 11.8. The van der Waals surface area contributed by atoms with Crippen LogP contribution in [0.3, 0.4) is 0 Å². The van der Waals surface area contributed by atoms with Crippen molar-refractivity contribution in [2.45, 2.75) is 19.3 Å². The molecule has 21 heavy (non-hydrogen) atoms. The van der Waals surface area contributed by atoms with Crippen LogP contribution in [-0.4, -0.2) is 52.7 Å². The molecule has 0 saturated heterocycles. The third-order valence-corrected chi connectivity index (χ3v) is 4.05. The van der Waals surface area contributed by atoms with Gasteiger partial charge in [0.1, 0.15) is 13.1 Å². The average molecular weight is 314 g/mol. The van der Waals surface area contributed by atoms with Gasteiger partial charge < -0.3 is 20.4 Å². The first-order chi connectivity index (χ1) is 9.72. The summed E-state index contributed by atoms with van der Waals surface area (Å²) in [7, 11) is 0. The summed E-state index contributed by atoms with van der Waals surface area (Å²) in [5.41, 5.74) is -0.318. The second kappa shape index (κ2) is 7.07. The third-order valence-electron chi connectivity index (χ3n) is 2.81. The Morgan fingerprint density at radius 2 is 1.81 bits per heavy atom. The number of amides is 2. The van der Waals surface area contributed by atoms with Crippen LogP contribution in [0.2, 0.25) is 0 Å². The minimum Gasteiger partial charge on any atom is -0.480 e. The number of urea groups is 1. The van der Waals surface area contributed by atoms with Crippen LogP contribution in [-0.2, 0) is 15.0 Å². The van der Waals surface area contributed by atoms with Gasteiger partial charge in [0.25, 0.3) is 0 Å². The van der Waals surface area contributed by atoms with Crippen molar-refractivity contribution in [1.29, 1.82) is 0 Å². The first-order valence-electron chi connectivity index (χ1n) is 6.23. The maximum atomic E-state index is 11.9. The Balaban J connectivity index is 2.64. The van der Waals surface area contributed by atoms with Crippen molar-refractivity contribution >= 4 is 29.3 Å². The van der Waals surface area contributed by atoms with Gasteiger partial charge in [-0.05, 0) is 11.4 Å². The van der Waals surface area contributed by atoms with Crippen LogP contribution in [0.4, 0.5) is 4.79 Å². The summed E-state index contributed by atoms with van der Waals surface area (Å²) in [6.07, 6.45) is 0. The largest absolute Gasteiger partial charge is 0.480 e. The molecule has 0 fully saturated rings. The highest BCUT2D eigenvalue weighted by molar-refractivity contribution is 7.10. The fraction of sp³-hybridized carbons (Fsp3) is 0.462. The minimum atomic E-state index is -1.26. The standard InChI is InChI=1S/C13H18N2O5S/c1-13(2,9-4-3-5-21-9)8-14-12(20)15(6-10(16)17)7-11(18)19/h3-5H,6-8H2,1-2H3,(H,14,20)(H,16,17)(H,18,19). The van der Waals surface area contributed by atoms with Gasteiger partial charge in [0, 0.05) is 16.8 Å². The zero-order valence-corrected chi connectivity index (χ0v) is 12.6. The van der Waals surface area contributed by atoms with Gasteiger partial charge in [-0.2, -0.15) is 0 Å². The highest BCUT2D eigenvalue weighted by Crippen LogP contribution is 2.26. The number of nitrogens with zero attached hydrogens (tertiary/aromatic N) is 1. The zero-order chi connectivity index (χ0) is 16.0. The quantitative estimate of drug-likeness (QED) is 0.701. The van der Waals surface area contributed by atoms with E-state index in [1.807, 2.05) is 31.4 Å². The van der Waals surface area contributed by atoms with E-state index >= 15 is 0 Å². The first-order valence-corrected chi connectivity index (χ1v) is 7.10. The SMILES string of the molecule is CC(C)(CNC(=O)N(CC(=O)O)CC(=O)O)c1cccs1. The number of carbonyl (C=O) groups is 3. The molecule has 0 aliphatic carbocycles. The van der Waals surface area contributed by atoms with E-state index in [0.717, 1.165) is 9.78 Å². The smallest absolute Gasteiger partial charge is 0.323 e. The molecular formula is C13H18N2O5S. The number of thiophene rings is 1. The third kappa shape index (κ3) is 5.42. The Morgan fingerprint density at radius 3 is 2.24 bits per heavy atom. The van der Waals surface area contributed by atoms with Crippen LogP contribution in [0.25, 0.3) is 0 Å². The maximum absolute atomic E-state index is 11.9. The lowest BCUT2D eigenvalue weighted by atomic mass is 9.91. The van der Waals surface area contributed by atoms with Gasteiger partial charge in [-0.3, -0.25) is 9.59 Å². The molecule has 0 bridgehead atoms. The van der Waals surface area contributed by atoms with Crippen LogP contribution < -0.4 is 5.32 Å². The van der Waals surface area contributed by atoms with Crippen LogP contribution in [0.1, 0.15) is 18.7 Å². The molecule has 8 heteroatoms. The summed E-state index contributed by atoms with van der Waals surface area (Å²) in [5.74, 6) is -2.52. The number of carboxylic acids is 2. The lowest BCUT2D eigenvalue weighted by Gasteiger charge is -2.26. The molecule has 116 valence electrons. The van der Waals surface area contributed by atoms with Crippen molar-refractivity contribution < 1.29 is 24.6 Å². The molecule has 0 unspecified atom stereocenters. The molecule has 0 aromatic carbocycles. The van der Waals surface area contributed by atoms with Crippen LogP contribution >= 0.6 is 11.3 Å². The molecule has 0 saturated carbocycles. The Kier molecular flexibility index (Phi) is 5.71. The van der Waals surface area contributed by atoms with Crippen molar-refractivity contribution in [2.75, 3.05) is 19.6 Å². The van der Waals surface area contributed by atoms with Gasteiger partial charge in [-0.1, -0.05) is 19.9 Å². The fourth-order valence-electron chi connectivity index (χ4n) is 1.69. The predicted molar refractivity (Wildman–Crippen MR) is 77.6 cm³/mol. The highest BCUT2D eigenvalue weighted by atomic mass is 32.1. The molecule has 0 atom stereocenters. The molecule has 1 heterocycles. The lowest BCUT2D eigenvalue weighted by Crippen LogP contribution is -2.48. The van der Waals surface area contributed by atoms with E-state index in [2.05, 4.69) is 5.32 Å². The van der Waals surface area contributed by atoms with Crippen molar-refractivity contribution in [1.82, 2.24) is 10.2 Å². The summed E-state index contributed by atoms with van der Waals surface area (Å²) in [6.45, 7) is 2.85. The van der Waals surface area contributed by atoms with E-state index < -0.39 is 31.1 Å². The van der Waals surface area contributed by atoms with E-state index in [0.29, 0.717) is 0 Å². The van der Waals surface area contributed by atoms with E-state index in [9.17, 15) is 14.4 Å². The predicted octanol–water partition coefficient (Wildman–Crippen LogP) is 1.21. The van der Waals surface area contributed by atoms with Gasteiger partial charge in [-0.25, -0.2) is 4.79 Å². The molecule has 0 radical (unpaired) electrons. The fourth-order valence-corrected chi connectivity index (χ4v) is 2.54. The Morgan fingerprint density at radius 1 is 1.24 bits per heavy atom. The number of carbonyl (C=O) groups excluding carboxylic acids is 1. The summed E-state index contributed by atoms with van der Waals surface area (Å²) in [5, 5.41) is 21.9. The number of rotatable bonds is 7. The van der Waals surface area contributed by atoms with E-state index in [1.165, 1.54) is 0 Å². The summed E-state index contributed by atoms with van der Waals surface area (Å²) < 4.78 is 0. The van der Waals surface area contributed by atoms with Crippen LogP contribution in [0.15, 0.2) is 17.5 Å². The topological polar surface area (TPSA) is 107 Å². The number of nitrogens with one attached hydrogen (secondary N) is 1. The lowest BCUT2D eigenvalue weighted by molar-refractivity contribution is -0.140. The van der Waals surface area contributed by atoms with E-state index in [4.69, 9.17) is 10.2 Å². The second-order valence-electron chi connectivity index (χ2n) is 5.16. The molecule has 1 aromatic rings. The average Bonchev–Trinajstić information content (AvgIpc) is 2.88. The maximum Gasteiger partial charge on any atom is 0.323 e. The Hall–Kier alpha value is -2.09. The van der Waals surface area contributed by atoms with Crippen molar-refractivity contribution in [3.8, 4) is 0 Å². The van der Waals surface area contributed by atoms with Crippen LogP contribution in [0, 0.1) is 0 Å². The molecule has 7 nitrogen and oxygen atoms in total. The molecular weight excluding hydrogens is 296 g/mol. The molecule has 0 aliphatic heterocycles. The van der Waals surface area contributed by atoms with Gasteiger partial charge >= 0.3 is 18.0 Å². The second-order valence-corrected chi connectivity index (χ2v) is 6.11. The Bertz CT molecular complexity index is 497. The molecule has 1 rings (SSSR count). The van der Waals surface area contributed by atoms with Crippen molar-refractivity contribution in [2.24, 2.45) is 0 Å². The first kappa shape index (κ1) is 17.0. The van der Waals surface area contributed by atoms with Gasteiger partial charge in [-0.15, -0.1) is 11.3 Å². The number of hydrogen-bond acceptors (Lipinski definition) is 4. The van der Waals surface area contributed by atoms with Gasteiger partial charge in [0.15, 0.2) is 0 Å². The molecule has 0 spiro atoms. The molecule has 3 N–H and O–H groups in total. The van der Waals surface area contributed by atoms with E-state index in [1.54, 1.807) is 11.3 Å². The van der Waals surface area contributed by atoms with Gasteiger partial charge in [0.05, 0.1) is 0 Å². The van der Waals surface area contributed by atoms with E-state index in [-0.39, 0.29) is 12.0 Å². The Labute approximate surface area is 126 Å². The summed E-state index contributed by atoms with van der Waals surface area (Å²) in [4.78, 5) is 35.1.